The van der Waals surface area contributed by atoms with E-state index in [-0.39, 0.29) is 0 Å². The average molecular weight is 289 g/mol. The average Bonchev–Trinajstić information content (AvgIpc) is 2.80. The summed E-state index contributed by atoms with van der Waals surface area (Å²) in [6, 6.07) is 8.49. The van der Waals surface area contributed by atoms with Crippen LogP contribution in [0.1, 0.15) is 30.0 Å². The van der Waals surface area contributed by atoms with Crippen LogP contribution >= 0.6 is 11.3 Å². The molecule has 1 aromatic carbocycles. The van der Waals surface area contributed by atoms with Crippen molar-refractivity contribution in [1.82, 2.24) is 10.3 Å². The fourth-order valence-corrected chi connectivity index (χ4v) is 3.31. The monoisotopic (exact) mass is 289 g/mol. The first-order valence-electron chi connectivity index (χ1n) is 7.17. The quantitative estimate of drug-likeness (QED) is 0.870. The van der Waals surface area contributed by atoms with E-state index in [4.69, 9.17) is 4.98 Å². The van der Waals surface area contributed by atoms with Gasteiger partial charge >= 0.3 is 0 Å². The highest BCUT2D eigenvalue weighted by molar-refractivity contribution is 7.15. The SMILES string of the molecule is CCNCc1sc(N(CC)c2ccccc2C)nc1C. The molecule has 0 unspecified atom stereocenters. The topological polar surface area (TPSA) is 28.2 Å². The predicted octanol–water partition coefficient (Wildman–Crippen LogP) is 4.03. The highest BCUT2D eigenvalue weighted by Gasteiger charge is 2.15. The summed E-state index contributed by atoms with van der Waals surface area (Å²) in [5.41, 5.74) is 3.67. The third kappa shape index (κ3) is 3.19. The number of nitrogens with one attached hydrogen (secondary N) is 1. The van der Waals surface area contributed by atoms with Gasteiger partial charge < -0.3 is 10.2 Å². The molecule has 0 atom stereocenters. The summed E-state index contributed by atoms with van der Waals surface area (Å²) in [7, 11) is 0. The van der Waals surface area contributed by atoms with Crippen molar-refractivity contribution in [1.29, 1.82) is 0 Å². The molecule has 0 bridgehead atoms. The largest absolute Gasteiger partial charge is 0.318 e. The zero-order valence-corrected chi connectivity index (χ0v) is 13.5. The lowest BCUT2D eigenvalue weighted by Crippen LogP contribution is -2.16. The van der Waals surface area contributed by atoms with E-state index in [1.54, 1.807) is 11.3 Å². The Morgan fingerprint density at radius 1 is 1.20 bits per heavy atom. The predicted molar refractivity (Wildman–Crippen MR) is 88.1 cm³/mol. The lowest BCUT2D eigenvalue weighted by Gasteiger charge is -2.21. The minimum atomic E-state index is 0.908. The molecular weight excluding hydrogens is 266 g/mol. The highest BCUT2D eigenvalue weighted by atomic mass is 32.1. The molecule has 0 amide bonds. The van der Waals surface area contributed by atoms with Gasteiger partial charge in [-0.1, -0.05) is 36.5 Å². The fourth-order valence-electron chi connectivity index (χ4n) is 2.21. The zero-order chi connectivity index (χ0) is 14.5. The number of aromatic nitrogens is 1. The Morgan fingerprint density at radius 2 is 1.95 bits per heavy atom. The Hall–Kier alpha value is -1.39. The molecule has 2 rings (SSSR count). The van der Waals surface area contributed by atoms with Crippen LogP contribution in [0.15, 0.2) is 24.3 Å². The molecule has 3 nitrogen and oxygen atoms in total. The van der Waals surface area contributed by atoms with E-state index in [0.29, 0.717) is 0 Å². The number of hydrogen-bond acceptors (Lipinski definition) is 4. The maximum atomic E-state index is 4.76. The Morgan fingerprint density at radius 3 is 2.60 bits per heavy atom. The molecule has 0 fully saturated rings. The normalized spacial score (nSPS) is 10.8. The van der Waals surface area contributed by atoms with Gasteiger partial charge in [0.05, 0.1) is 5.69 Å². The number of para-hydroxylation sites is 1. The molecule has 1 N–H and O–H groups in total. The van der Waals surface area contributed by atoms with Crippen LogP contribution in [0.5, 0.6) is 0 Å². The fraction of sp³-hybridized carbons (Fsp3) is 0.438. The second-order valence-corrected chi connectivity index (χ2v) is 5.88. The van der Waals surface area contributed by atoms with Gasteiger partial charge in [-0.25, -0.2) is 4.98 Å². The molecule has 0 aliphatic heterocycles. The van der Waals surface area contributed by atoms with Gasteiger partial charge in [-0.15, -0.1) is 0 Å². The van der Waals surface area contributed by atoms with E-state index in [2.05, 4.69) is 62.2 Å². The van der Waals surface area contributed by atoms with Crippen LogP contribution in [0.2, 0.25) is 0 Å². The Labute approximate surface area is 125 Å². The van der Waals surface area contributed by atoms with Crippen LogP contribution in [-0.4, -0.2) is 18.1 Å². The zero-order valence-electron chi connectivity index (χ0n) is 12.7. The number of rotatable bonds is 6. The van der Waals surface area contributed by atoms with Crippen LogP contribution < -0.4 is 10.2 Å². The van der Waals surface area contributed by atoms with Gasteiger partial charge in [0.1, 0.15) is 0 Å². The lowest BCUT2D eigenvalue weighted by molar-refractivity contribution is 0.731. The van der Waals surface area contributed by atoms with Crippen molar-refractivity contribution in [3.63, 3.8) is 0 Å². The van der Waals surface area contributed by atoms with Crippen LogP contribution in [0.4, 0.5) is 10.8 Å². The summed E-state index contributed by atoms with van der Waals surface area (Å²) < 4.78 is 0. The minimum absolute atomic E-state index is 0.908. The molecule has 1 aromatic heterocycles. The van der Waals surface area contributed by atoms with Crippen LogP contribution in [0, 0.1) is 13.8 Å². The van der Waals surface area contributed by atoms with Gasteiger partial charge in [0.15, 0.2) is 5.13 Å². The van der Waals surface area contributed by atoms with Crippen LogP contribution in [0.25, 0.3) is 0 Å². The van der Waals surface area contributed by atoms with Crippen LogP contribution in [0.3, 0.4) is 0 Å². The summed E-state index contributed by atoms with van der Waals surface area (Å²) >= 11 is 1.79. The van der Waals surface area contributed by atoms with E-state index in [9.17, 15) is 0 Å². The first-order chi connectivity index (χ1) is 9.67. The van der Waals surface area contributed by atoms with Crippen molar-refractivity contribution >= 4 is 22.2 Å². The smallest absolute Gasteiger partial charge is 0.190 e. The summed E-state index contributed by atoms with van der Waals surface area (Å²) in [6.07, 6.45) is 0. The first kappa shape index (κ1) is 15.0. The second kappa shape index (κ2) is 6.86. The van der Waals surface area contributed by atoms with E-state index in [0.717, 1.165) is 30.5 Å². The number of benzene rings is 1. The van der Waals surface area contributed by atoms with Gasteiger partial charge in [-0.3, -0.25) is 0 Å². The van der Waals surface area contributed by atoms with E-state index in [1.807, 2.05) is 0 Å². The Bertz CT molecular complexity index is 563. The molecule has 20 heavy (non-hydrogen) atoms. The van der Waals surface area contributed by atoms with Crippen molar-refractivity contribution in [2.45, 2.75) is 34.2 Å². The molecule has 0 saturated heterocycles. The highest BCUT2D eigenvalue weighted by Crippen LogP contribution is 2.33. The Balaban J connectivity index is 2.31. The van der Waals surface area contributed by atoms with Crippen molar-refractivity contribution in [3.8, 4) is 0 Å². The summed E-state index contributed by atoms with van der Waals surface area (Å²) in [4.78, 5) is 8.38. The molecule has 108 valence electrons. The van der Waals surface area contributed by atoms with E-state index < -0.39 is 0 Å². The van der Waals surface area contributed by atoms with Crippen molar-refractivity contribution in [2.24, 2.45) is 0 Å². The molecule has 2 aromatic rings. The molecule has 1 heterocycles. The molecule has 0 radical (unpaired) electrons. The number of nitrogens with zero attached hydrogens (tertiary/aromatic N) is 2. The maximum absolute atomic E-state index is 4.76. The van der Waals surface area contributed by atoms with E-state index >= 15 is 0 Å². The molecule has 0 aliphatic rings. The van der Waals surface area contributed by atoms with Crippen molar-refractivity contribution in [3.05, 3.63) is 40.4 Å². The third-order valence-electron chi connectivity index (χ3n) is 3.37. The molecule has 4 heteroatoms. The minimum Gasteiger partial charge on any atom is -0.318 e. The van der Waals surface area contributed by atoms with Crippen LogP contribution in [-0.2, 0) is 6.54 Å². The van der Waals surface area contributed by atoms with Crippen molar-refractivity contribution in [2.75, 3.05) is 18.0 Å². The Kier molecular flexibility index (Phi) is 5.15. The van der Waals surface area contributed by atoms with E-state index in [1.165, 1.54) is 16.1 Å². The number of hydrogen-bond donors (Lipinski definition) is 1. The lowest BCUT2D eigenvalue weighted by atomic mass is 10.2. The maximum Gasteiger partial charge on any atom is 0.190 e. The second-order valence-electron chi connectivity index (χ2n) is 4.82. The molecule has 0 spiro atoms. The summed E-state index contributed by atoms with van der Waals surface area (Å²) in [5.74, 6) is 0. The summed E-state index contributed by atoms with van der Waals surface area (Å²) in [5, 5.41) is 4.47. The van der Waals surface area contributed by atoms with Crippen molar-refractivity contribution < 1.29 is 0 Å². The van der Waals surface area contributed by atoms with Gasteiger partial charge in [0, 0.05) is 23.7 Å². The standard InChI is InChI=1S/C16H23N3S/c1-5-17-11-15-13(4)18-16(20-15)19(6-2)14-10-8-7-9-12(14)3/h7-10,17H,5-6,11H2,1-4H3. The van der Waals surface area contributed by atoms with Gasteiger partial charge in [0.2, 0.25) is 0 Å². The van der Waals surface area contributed by atoms with Gasteiger partial charge in [0.25, 0.3) is 0 Å². The molecule has 0 aliphatic carbocycles. The van der Waals surface area contributed by atoms with Gasteiger partial charge in [-0.2, -0.15) is 0 Å². The third-order valence-corrected chi connectivity index (χ3v) is 4.55. The first-order valence-corrected chi connectivity index (χ1v) is 7.99. The molecular formula is C16H23N3S. The summed E-state index contributed by atoms with van der Waals surface area (Å²) in [6.45, 7) is 11.4. The number of anilines is 2. The molecule has 0 saturated carbocycles. The number of thiazole rings is 1. The van der Waals surface area contributed by atoms with Gasteiger partial charge in [-0.05, 0) is 38.9 Å². The number of aryl methyl sites for hydroxylation is 2.